The smallest absolute Gasteiger partial charge is 0.175 e. The molecule has 0 aliphatic carbocycles. The van der Waals surface area contributed by atoms with Gasteiger partial charge in [0.15, 0.2) is 5.11 Å². The van der Waals surface area contributed by atoms with Crippen molar-refractivity contribution in [3.05, 3.63) is 52.5 Å². The third-order valence-corrected chi connectivity index (χ3v) is 3.64. The van der Waals surface area contributed by atoms with E-state index >= 15 is 0 Å². The van der Waals surface area contributed by atoms with Gasteiger partial charge in [-0.1, -0.05) is 23.7 Å². The first-order valence-corrected chi connectivity index (χ1v) is 7.27. The standard InChI is InChI=1S/C16H17ClN2OS/c1-10-4-7-15(20-3)14(8-10)19-16(21)18-12-6-5-11(2)13(17)9-12/h4-9H,1-3H3,(H2,18,19,21). The summed E-state index contributed by atoms with van der Waals surface area (Å²) in [7, 11) is 1.63. The molecule has 110 valence electrons. The Morgan fingerprint density at radius 1 is 1.10 bits per heavy atom. The van der Waals surface area contributed by atoms with E-state index in [4.69, 9.17) is 28.6 Å². The number of methoxy groups -OCH3 is 1. The average molecular weight is 321 g/mol. The number of halogens is 1. The van der Waals surface area contributed by atoms with Gasteiger partial charge in [0.2, 0.25) is 0 Å². The minimum atomic E-state index is 0.485. The summed E-state index contributed by atoms with van der Waals surface area (Å²) in [6.45, 7) is 3.97. The molecule has 2 aromatic carbocycles. The lowest BCUT2D eigenvalue weighted by atomic mass is 10.2. The van der Waals surface area contributed by atoms with E-state index in [1.807, 2.05) is 50.2 Å². The van der Waals surface area contributed by atoms with Crippen LogP contribution in [0.1, 0.15) is 11.1 Å². The fourth-order valence-electron chi connectivity index (χ4n) is 1.87. The quantitative estimate of drug-likeness (QED) is 0.798. The molecule has 0 heterocycles. The maximum Gasteiger partial charge on any atom is 0.175 e. The van der Waals surface area contributed by atoms with Gasteiger partial charge in [0.05, 0.1) is 12.8 Å². The largest absolute Gasteiger partial charge is 0.495 e. The second kappa shape index (κ2) is 6.78. The normalized spacial score (nSPS) is 10.1. The highest BCUT2D eigenvalue weighted by atomic mass is 35.5. The second-order valence-corrected chi connectivity index (χ2v) is 5.56. The van der Waals surface area contributed by atoms with Gasteiger partial charge in [0.1, 0.15) is 5.75 Å². The summed E-state index contributed by atoms with van der Waals surface area (Å²) < 4.78 is 5.32. The number of anilines is 2. The predicted molar refractivity (Wildman–Crippen MR) is 93.8 cm³/mol. The molecular formula is C16H17ClN2OS. The Labute approximate surface area is 135 Å². The third kappa shape index (κ3) is 4.09. The van der Waals surface area contributed by atoms with Gasteiger partial charge in [0, 0.05) is 10.7 Å². The summed E-state index contributed by atoms with van der Waals surface area (Å²) in [5.74, 6) is 0.742. The van der Waals surface area contributed by atoms with E-state index in [-0.39, 0.29) is 0 Å². The van der Waals surface area contributed by atoms with Crippen LogP contribution >= 0.6 is 23.8 Å². The van der Waals surface area contributed by atoms with Crippen molar-refractivity contribution in [3.8, 4) is 5.75 Å². The van der Waals surface area contributed by atoms with Gasteiger partial charge in [-0.3, -0.25) is 0 Å². The number of nitrogens with one attached hydrogen (secondary N) is 2. The van der Waals surface area contributed by atoms with Crippen molar-refractivity contribution in [2.75, 3.05) is 17.7 Å². The molecular weight excluding hydrogens is 304 g/mol. The van der Waals surface area contributed by atoms with Crippen molar-refractivity contribution >= 4 is 40.3 Å². The highest BCUT2D eigenvalue weighted by molar-refractivity contribution is 7.80. The van der Waals surface area contributed by atoms with Crippen LogP contribution in [0.2, 0.25) is 5.02 Å². The van der Waals surface area contributed by atoms with E-state index in [0.29, 0.717) is 10.1 Å². The topological polar surface area (TPSA) is 33.3 Å². The molecule has 0 saturated carbocycles. The maximum atomic E-state index is 6.10. The number of aryl methyl sites for hydroxylation is 2. The van der Waals surface area contributed by atoms with E-state index in [1.54, 1.807) is 7.11 Å². The van der Waals surface area contributed by atoms with Gasteiger partial charge in [-0.2, -0.15) is 0 Å². The number of rotatable bonds is 3. The molecule has 0 radical (unpaired) electrons. The van der Waals surface area contributed by atoms with E-state index in [2.05, 4.69) is 10.6 Å². The van der Waals surface area contributed by atoms with Crippen LogP contribution in [0.4, 0.5) is 11.4 Å². The van der Waals surface area contributed by atoms with Gasteiger partial charge in [-0.15, -0.1) is 0 Å². The van der Waals surface area contributed by atoms with Crippen LogP contribution in [0.25, 0.3) is 0 Å². The second-order valence-electron chi connectivity index (χ2n) is 4.75. The fraction of sp³-hybridized carbons (Fsp3) is 0.188. The first-order chi connectivity index (χ1) is 9.99. The van der Waals surface area contributed by atoms with Gasteiger partial charge in [0.25, 0.3) is 0 Å². The molecule has 0 saturated heterocycles. The zero-order chi connectivity index (χ0) is 15.4. The average Bonchev–Trinajstić information content (AvgIpc) is 2.43. The van der Waals surface area contributed by atoms with Crippen molar-refractivity contribution in [1.29, 1.82) is 0 Å². The molecule has 0 aliphatic rings. The van der Waals surface area contributed by atoms with Crippen molar-refractivity contribution < 1.29 is 4.74 Å². The Morgan fingerprint density at radius 3 is 2.52 bits per heavy atom. The van der Waals surface area contributed by atoms with Crippen LogP contribution in [0.15, 0.2) is 36.4 Å². The number of hydrogen-bond donors (Lipinski definition) is 2. The maximum absolute atomic E-state index is 6.10. The Balaban J connectivity index is 2.11. The van der Waals surface area contributed by atoms with Crippen LogP contribution in [0, 0.1) is 13.8 Å². The first-order valence-electron chi connectivity index (χ1n) is 6.48. The minimum absolute atomic E-state index is 0.485. The van der Waals surface area contributed by atoms with Crippen LogP contribution in [0.5, 0.6) is 5.75 Å². The number of benzene rings is 2. The Bertz CT molecular complexity index is 673. The molecule has 0 unspecified atom stereocenters. The van der Waals surface area contributed by atoms with Gasteiger partial charge >= 0.3 is 0 Å². The molecule has 3 nitrogen and oxygen atoms in total. The minimum Gasteiger partial charge on any atom is -0.495 e. The molecule has 0 amide bonds. The highest BCUT2D eigenvalue weighted by Crippen LogP contribution is 2.26. The monoisotopic (exact) mass is 320 g/mol. The molecule has 5 heteroatoms. The summed E-state index contributed by atoms with van der Waals surface area (Å²) in [6, 6.07) is 11.6. The molecule has 0 fully saturated rings. The number of hydrogen-bond acceptors (Lipinski definition) is 2. The Kier molecular flexibility index (Phi) is 5.04. The van der Waals surface area contributed by atoms with Crippen molar-refractivity contribution in [2.24, 2.45) is 0 Å². The Hall–Kier alpha value is -1.78. The van der Waals surface area contributed by atoms with E-state index in [9.17, 15) is 0 Å². The van der Waals surface area contributed by atoms with Crippen molar-refractivity contribution in [1.82, 2.24) is 0 Å². The van der Waals surface area contributed by atoms with E-state index in [1.165, 1.54) is 0 Å². The molecule has 2 aromatic rings. The molecule has 2 N–H and O–H groups in total. The zero-order valence-corrected chi connectivity index (χ0v) is 13.7. The van der Waals surface area contributed by atoms with Crippen LogP contribution in [0.3, 0.4) is 0 Å². The summed E-state index contributed by atoms with van der Waals surface area (Å²) in [4.78, 5) is 0. The molecule has 0 aromatic heterocycles. The van der Waals surface area contributed by atoms with E-state index in [0.717, 1.165) is 28.3 Å². The molecule has 21 heavy (non-hydrogen) atoms. The van der Waals surface area contributed by atoms with Crippen LogP contribution < -0.4 is 15.4 Å². The summed E-state index contributed by atoms with van der Waals surface area (Å²) in [5.41, 5.74) is 3.82. The first kappa shape index (κ1) is 15.6. The van der Waals surface area contributed by atoms with E-state index < -0.39 is 0 Å². The number of thiocarbonyl (C=S) groups is 1. The summed E-state index contributed by atoms with van der Waals surface area (Å²) in [6.07, 6.45) is 0. The highest BCUT2D eigenvalue weighted by Gasteiger charge is 2.06. The fourth-order valence-corrected chi connectivity index (χ4v) is 2.28. The lowest BCUT2D eigenvalue weighted by molar-refractivity contribution is 0.417. The lowest BCUT2D eigenvalue weighted by Gasteiger charge is -2.14. The summed E-state index contributed by atoms with van der Waals surface area (Å²) >= 11 is 11.4. The Morgan fingerprint density at radius 2 is 1.86 bits per heavy atom. The van der Waals surface area contributed by atoms with Crippen molar-refractivity contribution in [2.45, 2.75) is 13.8 Å². The summed E-state index contributed by atoms with van der Waals surface area (Å²) in [5, 5.41) is 7.44. The van der Waals surface area contributed by atoms with Gasteiger partial charge < -0.3 is 15.4 Å². The number of ether oxygens (including phenoxy) is 1. The predicted octanol–water partition coefficient (Wildman–Crippen LogP) is 4.77. The molecule has 0 atom stereocenters. The molecule has 2 rings (SSSR count). The van der Waals surface area contributed by atoms with Crippen LogP contribution in [-0.2, 0) is 0 Å². The van der Waals surface area contributed by atoms with Crippen molar-refractivity contribution in [3.63, 3.8) is 0 Å². The zero-order valence-electron chi connectivity index (χ0n) is 12.2. The third-order valence-electron chi connectivity index (χ3n) is 3.03. The van der Waals surface area contributed by atoms with Gasteiger partial charge in [-0.05, 0) is 61.5 Å². The van der Waals surface area contributed by atoms with Crippen LogP contribution in [-0.4, -0.2) is 12.2 Å². The molecule has 0 aliphatic heterocycles. The molecule has 0 spiro atoms. The SMILES string of the molecule is COc1ccc(C)cc1NC(=S)Nc1ccc(C)c(Cl)c1. The van der Waals surface area contributed by atoms with Gasteiger partial charge in [-0.25, -0.2) is 0 Å². The lowest BCUT2D eigenvalue weighted by Crippen LogP contribution is -2.19. The molecule has 0 bridgehead atoms.